The van der Waals surface area contributed by atoms with Crippen molar-refractivity contribution in [3.05, 3.63) is 59.7 Å². The number of carbonyl (C=O) groups excluding carboxylic acids is 1. The molecule has 4 rings (SSSR count). The van der Waals surface area contributed by atoms with Crippen LogP contribution in [-0.4, -0.2) is 69.5 Å². The van der Waals surface area contributed by atoms with Gasteiger partial charge >= 0.3 is 6.09 Å². The van der Waals surface area contributed by atoms with Crippen LogP contribution in [0, 0.1) is 11.6 Å². The van der Waals surface area contributed by atoms with Crippen molar-refractivity contribution in [2.45, 2.75) is 25.5 Å². The van der Waals surface area contributed by atoms with Gasteiger partial charge in [-0.2, -0.15) is 0 Å². The van der Waals surface area contributed by atoms with Crippen molar-refractivity contribution in [2.75, 3.05) is 57.3 Å². The van der Waals surface area contributed by atoms with Crippen LogP contribution >= 0.6 is 24.8 Å². The van der Waals surface area contributed by atoms with Gasteiger partial charge < -0.3 is 25.0 Å². The van der Waals surface area contributed by atoms with Gasteiger partial charge in [0.2, 0.25) is 0 Å². The summed E-state index contributed by atoms with van der Waals surface area (Å²) in [4.78, 5) is 16.0. The Bertz CT molecular complexity index is 921. The minimum atomic E-state index is -0.595. The minimum absolute atomic E-state index is 0. The highest BCUT2D eigenvalue weighted by Gasteiger charge is 2.22. The molecule has 0 saturated carbocycles. The molecule has 200 valence electrons. The largest absolute Gasteiger partial charge is 0.492 e. The Hall–Kier alpha value is -2.33. The monoisotopic (exact) mass is 546 g/mol. The Morgan fingerprint density at radius 1 is 1.00 bits per heavy atom. The number of hydrogen-bond acceptors (Lipinski definition) is 6. The first kappa shape index (κ1) is 29.9. The van der Waals surface area contributed by atoms with Crippen LogP contribution in [0.15, 0.2) is 42.5 Å². The molecule has 2 N–H and O–H groups in total. The van der Waals surface area contributed by atoms with Gasteiger partial charge in [-0.05, 0) is 18.4 Å². The van der Waals surface area contributed by atoms with E-state index in [9.17, 15) is 13.6 Å². The predicted octanol–water partition coefficient (Wildman–Crippen LogP) is 3.99. The van der Waals surface area contributed by atoms with E-state index in [0.717, 1.165) is 31.5 Å². The van der Waals surface area contributed by atoms with Crippen LogP contribution in [0.4, 0.5) is 19.3 Å². The molecule has 2 heterocycles. The van der Waals surface area contributed by atoms with E-state index in [1.165, 1.54) is 12.1 Å². The minimum Gasteiger partial charge on any atom is -0.492 e. The van der Waals surface area contributed by atoms with Crippen LogP contribution in [-0.2, 0) is 11.3 Å². The average Bonchev–Trinajstić information content (AvgIpc) is 2.85. The van der Waals surface area contributed by atoms with Crippen LogP contribution in [0.25, 0.3) is 0 Å². The number of ether oxygens (including phenoxy) is 2. The zero-order chi connectivity index (χ0) is 23.8. The van der Waals surface area contributed by atoms with E-state index >= 15 is 0 Å². The SMILES string of the molecule is Cl.Cl.O=C(NC1CCN(CCOc2cc(F)c(N3CCNCC3)c(F)c2)CC1)OCc1ccccc1. The molecule has 2 aliphatic heterocycles. The maximum atomic E-state index is 14.5. The summed E-state index contributed by atoms with van der Waals surface area (Å²) in [6.45, 7) is 5.40. The van der Waals surface area contributed by atoms with E-state index in [2.05, 4.69) is 15.5 Å². The third-order valence-corrected chi connectivity index (χ3v) is 6.22. The quantitative estimate of drug-likeness (QED) is 0.522. The summed E-state index contributed by atoms with van der Waals surface area (Å²) < 4.78 is 40.0. The second kappa shape index (κ2) is 15.0. The number of halogens is 4. The Morgan fingerprint density at radius 3 is 2.28 bits per heavy atom. The predicted molar refractivity (Wildman–Crippen MR) is 141 cm³/mol. The number of rotatable bonds is 8. The number of benzene rings is 2. The van der Waals surface area contributed by atoms with Gasteiger partial charge in [0, 0.05) is 64.0 Å². The molecule has 0 spiro atoms. The van der Waals surface area contributed by atoms with Crippen molar-refractivity contribution in [3.8, 4) is 5.75 Å². The number of piperazine rings is 1. The van der Waals surface area contributed by atoms with Crippen LogP contribution in [0.3, 0.4) is 0 Å². The molecule has 2 aliphatic rings. The summed E-state index contributed by atoms with van der Waals surface area (Å²) in [5.74, 6) is -0.988. The van der Waals surface area contributed by atoms with Crippen molar-refractivity contribution in [2.24, 2.45) is 0 Å². The van der Waals surface area contributed by atoms with Gasteiger partial charge in [-0.1, -0.05) is 30.3 Å². The molecule has 0 aliphatic carbocycles. The molecule has 0 radical (unpaired) electrons. The fourth-order valence-corrected chi connectivity index (χ4v) is 4.34. The average molecular weight is 547 g/mol. The molecule has 36 heavy (non-hydrogen) atoms. The lowest BCUT2D eigenvalue weighted by Gasteiger charge is -2.32. The summed E-state index contributed by atoms with van der Waals surface area (Å²) in [6.07, 6.45) is 1.21. The van der Waals surface area contributed by atoms with Gasteiger partial charge in [0.25, 0.3) is 0 Å². The van der Waals surface area contributed by atoms with Gasteiger partial charge in [-0.15, -0.1) is 24.8 Å². The van der Waals surface area contributed by atoms with Crippen molar-refractivity contribution >= 4 is 36.6 Å². The van der Waals surface area contributed by atoms with Crippen LogP contribution in [0.2, 0.25) is 0 Å². The topological polar surface area (TPSA) is 66.1 Å². The molecule has 2 saturated heterocycles. The number of nitrogens with one attached hydrogen (secondary N) is 2. The first-order chi connectivity index (χ1) is 16.6. The van der Waals surface area contributed by atoms with Crippen molar-refractivity contribution < 1.29 is 23.0 Å². The molecular weight excluding hydrogens is 513 g/mol. The number of carbonyl (C=O) groups is 1. The van der Waals surface area contributed by atoms with Crippen LogP contribution < -0.4 is 20.3 Å². The highest BCUT2D eigenvalue weighted by atomic mass is 35.5. The third-order valence-electron chi connectivity index (χ3n) is 6.22. The summed E-state index contributed by atoms with van der Waals surface area (Å²) in [6, 6.07) is 12.2. The molecule has 1 amide bonds. The van der Waals surface area contributed by atoms with Crippen molar-refractivity contribution in [1.82, 2.24) is 15.5 Å². The van der Waals surface area contributed by atoms with E-state index in [-0.39, 0.29) is 48.9 Å². The van der Waals surface area contributed by atoms with Crippen LogP contribution in [0.5, 0.6) is 5.75 Å². The smallest absolute Gasteiger partial charge is 0.407 e. The molecule has 0 atom stereocenters. The number of piperidine rings is 1. The zero-order valence-electron chi connectivity index (χ0n) is 20.1. The first-order valence-corrected chi connectivity index (χ1v) is 11.9. The second-order valence-corrected chi connectivity index (χ2v) is 8.64. The van der Waals surface area contributed by atoms with Crippen molar-refractivity contribution in [3.63, 3.8) is 0 Å². The number of anilines is 1. The zero-order valence-corrected chi connectivity index (χ0v) is 21.7. The van der Waals surface area contributed by atoms with E-state index in [4.69, 9.17) is 9.47 Å². The normalized spacial score (nSPS) is 16.4. The lowest BCUT2D eigenvalue weighted by Crippen LogP contribution is -2.45. The molecular formula is C25H34Cl2F2N4O3. The Morgan fingerprint density at radius 2 is 1.64 bits per heavy atom. The molecule has 7 nitrogen and oxygen atoms in total. The summed E-state index contributed by atoms with van der Waals surface area (Å²) >= 11 is 0. The first-order valence-electron chi connectivity index (χ1n) is 11.9. The van der Waals surface area contributed by atoms with Gasteiger partial charge in [-0.3, -0.25) is 4.90 Å². The molecule has 0 bridgehead atoms. The Labute approximate surface area is 223 Å². The Kier molecular flexibility index (Phi) is 12.5. The van der Waals surface area contributed by atoms with E-state index in [1.807, 2.05) is 30.3 Å². The van der Waals surface area contributed by atoms with Gasteiger partial charge in [0.15, 0.2) is 11.6 Å². The number of likely N-dealkylation sites (tertiary alicyclic amines) is 1. The number of hydrogen-bond donors (Lipinski definition) is 2. The lowest BCUT2D eigenvalue weighted by molar-refractivity contribution is 0.123. The molecule has 11 heteroatoms. The standard InChI is InChI=1S/C25H32F2N4O3.2ClH/c26-22-16-21(17-23(27)24(22)31-12-8-28-9-13-31)33-15-14-30-10-6-20(7-11-30)29-25(32)34-18-19-4-2-1-3-5-19;;/h1-5,16-17,20,28H,6-15,18H2,(H,29,32);2*1H. The van der Waals surface area contributed by atoms with Gasteiger partial charge in [-0.25, -0.2) is 13.6 Å². The number of alkyl carbamates (subject to hydrolysis) is 1. The number of amides is 1. The molecule has 2 aromatic carbocycles. The van der Waals surface area contributed by atoms with E-state index in [1.54, 1.807) is 4.90 Å². The summed E-state index contributed by atoms with van der Waals surface area (Å²) in [5.41, 5.74) is 0.969. The van der Waals surface area contributed by atoms with Crippen molar-refractivity contribution in [1.29, 1.82) is 0 Å². The molecule has 0 aromatic heterocycles. The Balaban J connectivity index is 0.00000228. The highest BCUT2D eigenvalue weighted by Crippen LogP contribution is 2.28. The molecule has 2 fully saturated rings. The van der Waals surface area contributed by atoms with E-state index in [0.29, 0.717) is 39.3 Å². The fraction of sp³-hybridized carbons (Fsp3) is 0.480. The van der Waals surface area contributed by atoms with Gasteiger partial charge in [0.1, 0.15) is 24.7 Å². The lowest BCUT2D eigenvalue weighted by atomic mass is 10.1. The maximum Gasteiger partial charge on any atom is 0.407 e. The highest BCUT2D eigenvalue weighted by molar-refractivity contribution is 5.85. The van der Waals surface area contributed by atoms with Gasteiger partial charge in [0.05, 0.1) is 0 Å². The number of nitrogens with zero attached hydrogens (tertiary/aromatic N) is 2. The maximum absolute atomic E-state index is 14.5. The van der Waals surface area contributed by atoms with Crippen LogP contribution in [0.1, 0.15) is 18.4 Å². The summed E-state index contributed by atoms with van der Waals surface area (Å²) in [7, 11) is 0. The molecule has 0 unspecified atom stereocenters. The second-order valence-electron chi connectivity index (χ2n) is 8.64. The third kappa shape index (κ3) is 8.65. The molecule has 2 aromatic rings. The van der Waals surface area contributed by atoms with E-state index < -0.39 is 17.7 Å². The fourth-order valence-electron chi connectivity index (χ4n) is 4.34. The summed E-state index contributed by atoms with van der Waals surface area (Å²) in [5, 5.41) is 6.10.